The maximum Gasteiger partial charge on any atom is 0.340 e. The normalized spacial score (nSPS) is 22.7. The molecule has 0 aromatic heterocycles. The highest BCUT2D eigenvalue weighted by Crippen LogP contribution is 2.53. The number of cyclic esters (lactones) is 1. The molecular weight excluding hydrogens is 372 g/mol. The zero-order chi connectivity index (χ0) is 13.5. The Balaban J connectivity index is 2.08. The van der Waals surface area contributed by atoms with E-state index in [1.54, 1.807) is 6.07 Å². The lowest BCUT2D eigenvalue weighted by molar-refractivity contribution is 0.0308. The van der Waals surface area contributed by atoms with Gasteiger partial charge < -0.3 is 4.74 Å². The lowest BCUT2D eigenvalue weighted by Gasteiger charge is -2.27. The quantitative estimate of drug-likeness (QED) is 0.563. The van der Waals surface area contributed by atoms with Crippen LogP contribution in [0.5, 0.6) is 0 Å². The highest BCUT2D eigenvalue weighted by molar-refractivity contribution is 9.12. The van der Waals surface area contributed by atoms with Gasteiger partial charge in [-0.25, -0.2) is 4.79 Å². The van der Waals surface area contributed by atoms with Gasteiger partial charge in [0.15, 0.2) is 0 Å². The largest absolute Gasteiger partial charge is 0.437 e. The summed E-state index contributed by atoms with van der Waals surface area (Å²) in [6.45, 7) is 0. The molecule has 2 aromatic rings. The van der Waals surface area contributed by atoms with Crippen molar-refractivity contribution in [1.82, 2.24) is 0 Å². The Hall–Kier alpha value is -1.13. The molecule has 0 saturated heterocycles. The average molecular weight is 382 g/mol. The molecule has 0 saturated carbocycles. The van der Waals surface area contributed by atoms with Crippen LogP contribution in [-0.2, 0) is 9.25 Å². The first-order valence-electron chi connectivity index (χ1n) is 5.83. The van der Waals surface area contributed by atoms with Crippen molar-refractivity contribution < 1.29 is 9.53 Å². The lowest BCUT2D eigenvalue weighted by atomic mass is 9.99. The smallest absolute Gasteiger partial charge is 0.340 e. The Labute approximate surface area is 128 Å². The number of alkyl halides is 2. The first kappa shape index (κ1) is 12.9. The number of esters is 1. The molecule has 1 heterocycles. The number of carbonyl (C=O) groups excluding carboxylic acids is 1. The standard InChI is InChI=1S/C15H10Br2O2/c16-13(10-6-2-1-3-7-10)15(17)12-9-5-4-8-11(12)14(18)19-15/h1-9,13H/t13-,15+/m0/s1. The van der Waals surface area contributed by atoms with Gasteiger partial charge in [0.25, 0.3) is 0 Å². The number of ether oxygens (including phenoxy) is 1. The molecule has 2 atom stereocenters. The van der Waals surface area contributed by atoms with E-state index in [2.05, 4.69) is 31.9 Å². The van der Waals surface area contributed by atoms with Gasteiger partial charge in [-0.2, -0.15) is 0 Å². The van der Waals surface area contributed by atoms with Crippen molar-refractivity contribution in [2.24, 2.45) is 0 Å². The van der Waals surface area contributed by atoms with Gasteiger partial charge in [0.2, 0.25) is 4.51 Å². The molecule has 3 rings (SSSR count). The van der Waals surface area contributed by atoms with Gasteiger partial charge in [0.1, 0.15) is 0 Å². The topological polar surface area (TPSA) is 26.3 Å². The molecule has 0 unspecified atom stereocenters. The minimum Gasteiger partial charge on any atom is -0.437 e. The zero-order valence-electron chi connectivity index (χ0n) is 9.85. The molecule has 4 heteroatoms. The van der Waals surface area contributed by atoms with Crippen LogP contribution in [0.3, 0.4) is 0 Å². The summed E-state index contributed by atoms with van der Waals surface area (Å²) in [5.41, 5.74) is 2.51. The van der Waals surface area contributed by atoms with Crippen LogP contribution in [0, 0.1) is 0 Å². The number of halogens is 2. The zero-order valence-corrected chi connectivity index (χ0v) is 13.0. The van der Waals surface area contributed by atoms with Crippen molar-refractivity contribution >= 4 is 37.8 Å². The van der Waals surface area contributed by atoms with Crippen LogP contribution >= 0.6 is 31.9 Å². The van der Waals surface area contributed by atoms with Crippen molar-refractivity contribution in [3.05, 3.63) is 71.3 Å². The molecule has 2 nitrogen and oxygen atoms in total. The Morgan fingerprint density at radius 3 is 2.37 bits per heavy atom. The van der Waals surface area contributed by atoms with Crippen LogP contribution in [-0.4, -0.2) is 5.97 Å². The Morgan fingerprint density at radius 1 is 1.00 bits per heavy atom. The minimum atomic E-state index is -0.859. The van der Waals surface area contributed by atoms with Crippen molar-refractivity contribution in [2.45, 2.75) is 9.34 Å². The number of carbonyl (C=O) groups is 1. The van der Waals surface area contributed by atoms with E-state index in [0.29, 0.717) is 5.56 Å². The van der Waals surface area contributed by atoms with Crippen LogP contribution in [0.15, 0.2) is 54.6 Å². The molecule has 0 aliphatic carbocycles. The molecule has 1 aliphatic rings. The average Bonchev–Trinajstić information content (AvgIpc) is 2.72. The van der Waals surface area contributed by atoms with Gasteiger partial charge >= 0.3 is 5.97 Å². The number of fused-ring (bicyclic) bond motifs is 1. The van der Waals surface area contributed by atoms with E-state index in [9.17, 15) is 4.79 Å². The molecule has 0 radical (unpaired) electrons. The van der Waals surface area contributed by atoms with Gasteiger partial charge in [-0.05, 0) is 27.6 Å². The molecule has 0 spiro atoms. The van der Waals surface area contributed by atoms with E-state index in [1.807, 2.05) is 48.5 Å². The second-order valence-corrected chi connectivity index (χ2v) is 6.45. The Kier molecular flexibility index (Phi) is 3.23. The first-order valence-corrected chi connectivity index (χ1v) is 7.54. The summed E-state index contributed by atoms with van der Waals surface area (Å²) in [4.78, 5) is 11.8. The van der Waals surface area contributed by atoms with Crippen LogP contribution in [0.1, 0.15) is 26.3 Å². The summed E-state index contributed by atoms with van der Waals surface area (Å²) in [7, 11) is 0. The summed E-state index contributed by atoms with van der Waals surface area (Å²) in [5, 5.41) is 0. The fourth-order valence-electron chi connectivity index (χ4n) is 2.23. The summed E-state index contributed by atoms with van der Waals surface area (Å²) >= 11 is 7.24. The molecule has 1 aliphatic heterocycles. The minimum absolute atomic E-state index is 0.159. The first-order chi connectivity index (χ1) is 9.13. The molecule has 0 N–H and O–H groups in total. The van der Waals surface area contributed by atoms with Gasteiger partial charge in [-0.3, -0.25) is 0 Å². The SMILES string of the molecule is O=C1O[C@@](Br)([C@@H](Br)c2ccccc2)c2ccccc21. The highest BCUT2D eigenvalue weighted by atomic mass is 79.9. The molecular formula is C15H10Br2O2. The van der Waals surface area contributed by atoms with Crippen molar-refractivity contribution in [3.8, 4) is 0 Å². The molecule has 0 fully saturated rings. The van der Waals surface area contributed by atoms with E-state index in [4.69, 9.17) is 4.74 Å². The molecule has 0 amide bonds. The van der Waals surface area contributed by atoms with Crippen LogP contribution in [0.4, 0.5) is 0 Å². The van der Waals surface area contributed by atoms with E-state index >= 15 is 0 Å². The maximum atomic E-state index is 11.9. The van der Waals surface area contributed by atoms with Gasteiger partial charge in [-0.15, -0.1) is 0 Å². The number of rotatable bonds is 2. The molecule has 19 heavy (non-hydrogen) atoms. The van der Waals surface area contributed by atoms with Gasteiger partial charge in [-0.1, -0.05) is 64.5 Å². The summed E-state index contributed by atoms with van der Waals surface area (Å²) in [6, 6.07) is 17.3. The van der Waals surface area contributed by atoms with E-state index in [-0.39, 0.29) is 10.8 Å². The molecule has 2 aromatic carbocycles. The van der Waals surface area contributed by atoms with Gasteiger partial charge in [0.05, 0.1) is 10.4 Å². The lowest BCUT2D eigenvalue weighted by Crippen LogP contribution is -2.23. The van der Waals surface area contributed by atoms with Crippen LogP contribution < -0.4 is 0 Å². The second kappa shape index (κ2) is 4.76. The monoisotopic (exact) mass is 380 g/mol. The van der Waals surface area contributed by atoms with Crippen molar-refractivity contribution in [2.75, 3.05) is 0 Å². The van der Waals surface area contributed by atoms with Crippen molar-refractivity contribution in [1.29, 1.82) is 0 Å². The van der Waals surface area contributed by atoms with E-state index < -0.39 is 4.51 Å². The van der Waals surface area contributed by atoms with Crippen molar-refractivity contribution in [3.63, 3.8) is 0 Å². The second-order valence-electron chi connectivity index (χ2n) is 4.35. The predicted octanol–water partition coefficient (Wildman–Crippen LogP) is 4.54. The summed E-state index contributed by atoms with van der Waals surface area (Å²) < 4.78 is 4.71. The maximum absolute atomic E-state index is 11.9. The summed E-state index contributed by atoms with van der Waals surface area (Å²) in [5.74, 6) is -0.298. The molecule has 96 valence electrons. The Morgan fingerprint density at radius 2 is 1.63 bits per heavy atom. The fraction of sp³-hybridized carbons (Fsp3) is 0.133. The van der Waals surface area contributed by atoms with Crippen LogP contribution in [0.2, 0.25) is 0 Å². The number of hydrogen-bond acceptors (Lipinski definition) is 2. The third kappa shape index (κ3) is 2.03. The third-order valence-electron chi connectivity index (χ3n) is 3.17. The number of benzene rings is 2. The fourth-order valence-corrected chi connectivity index (χ4v) is 3.63. The summed E-state index contributed by atoms with van der Waals surface area (Å²) in [6.07, 6.45) is 0. The number of hydrogen-bond donors (Lipinski definition) is 0. The Bertz CT molecular complexity index is 627. The molecule has 0 bridgehead atoms. The van der Waals surface area contributed by atoms with Gasteiger partial charge in [0, 0.05) is 5.56 Å². The van der Waals surface area contributed by atoms with E-state index in [1.165, 1.54) is 0 Å². The van der Waals surface area contributed by atoms with E-state index in [0.717, 1.165) is 11.1 Å². The predicted molar refractivity (Wildman–Crippen MR) is 80.6 cm³/mol. The third-order valence-corrected chi connectivity index (χ3v) is 6.01. The van der Waals surface area contributed by atoms with Crippen LogP contribution in [0.25, 0.3) is 0 Å². The highest BCUT2D eigenvalue weighted by Gasteiger charge is 2.48.